The van der Waals surface area contributed by atoms with E-state index in [2.05, 4.69) is 16.4 Å². The zero-order valence-corrected chi connectivity index (χ0v) is 11.6. The van der Waals surface area contributed by atoms with E-state index in [0.717, 1.165) is 27.8 Å². The number of nitriles is 1. The van der Waals surface area contributed by atoms with Crippen LogP contribution in [0.25, 0.3) is 10.9 Å². The number of anilines is 3. The van der Waals surface area contributed by atoms with Gasteiger partial charge in [-0.15, -0.1) is 0 Å². The predicted molar refractivity (Wildman–Crippen MR) is 85.3 cm³/mol. The molecule has 4 heteroatoms. The molecule has 2 aromatic carbocycles. The lowest BCUT2D eigenvalue weighted by atomic mass is 10.1. The molecule has 3 N–H and O–H groups in total. The van der Waals surface area contributed by atoms with Crippen molar-refractivity contribution in [1.29, 1.82) is 5.26 Å². The predicted octanol–water partition coefficient (Wildman–Crippen LogP) is 3.74. The lowest BCUT2D eigenvalue weighted by Gasteiger charge is -2.12. The van der Waals surface area contributed by atoms with Gasteiger partial charge in [-0.3, -0.25) is 4.98 Å². The van der Waals surface area contributed by atoms with Crippen LogP contribution in [-0.4, -0.2) is 4.98 Å². The zero-order valence-electron chi connectivity index (χ0n) is 11.6. The molecule has 3 aromatic rings. The SMILES string of the molecule is Cc1ccc(C#N)cc1Nc1ccc(N)c2cccnc12. The molecule has 0 aliphatic carbocycles. The number of rotatable bonds is 2. The maximum atomic E-state index is 9.02. The lowest BCUT2D eigenvalue weighted by Crippen LogP contribution is -1.97. The first-order chi connectivity index (χ1) is 10.2. The number of pyridine rings is 1. The third-order valence-electron chi connectivity index (χ3n) is 3.44. The molecule has 0 fully saturated rings. The number of hydrogen-bond acceptors (Lipinski definition) is 4. The second-order valence-corrected chi connectivity index (χ2v) is 4.87. The summed E-state index contributed by atoms with van der Waals surface area (Å²) in [5, 5.41) is 13.3. The Kier molecular flexibility index (Phi) is 3.17. The van der Waals surface area contributed by atoms with Crippen LogP contribution in [0.4, 0.5) is 17.1 Å². The average Bonchev–Trinajstić information content (AvgIpc) is 2.52. The summed E-state index contributed by atoms with van der Waals surface area (Å²) in [5.74, 6) is 0. The number of aromatic nitrogens is 1. The van der Waals surface area contributed by atoms with E-state index in [1.54, 1.807) is 12.3 Å². The fraction of sp³-hybridized carbons (Fsp3) is 0.0588. The second kappa shape index (κ2) is 5.14. The summed E-state index contributed by atoms with van der Waals surface area (Å²) in [4.78, 5) is 4.40. The molecule has 102 valence electrons. The number of hydrogen-bond donors (Lipinski definition) is 2. The molecule has 0 amide bonds. The Morgan fingerprint density at radius 3 is 2.81 bits per heavy atom. The maximum absolute atomic E-state index is 9.02. The highest BCUT2D eigenvalue weighted by atomic mass is 14.9. The minimum absolute atomic E-state index is 0.621. The van der Waals surface area contributed by atoms with Crippen LogP contribution in [0.5, 0.6) is 0 Å². The molecule has 0 bridgehead atoms. The Hall–Kier alpha value is -3.06. The first-order valence-electron chi connectivity index (χ1n) is 6.60. The van der Waals surface area contributed by atoms with Crippen LogP contribution in [0.1, 0.15) is 11.1 Å². The van der Waals surface area contributed by atoms with E-state index >= 15 is 0 Å². The van der Waals surface area contributed by atoms with Crippen molar-refractivity contribution in [2.45, 2.75) is 6.92 Å². The molecule has 0 spiro atoms. The quantitative estimate of drug-likeness (QED) is 0.698. The van der Waals surface area contributed by atoms with Gasteiger partial charge in [0.05, 0.1) is 22.8 Å². The summed E-state index contributed by atoms with van der Waals surface area (Å²) in [7, 11) is 0. The number of nitrogens with one attached hydrogen (secondary N) is 1. The van der Waals surface area contributed by atoms with Gasteiger partial charge in [0, 0.05) is 23.0 Å². The Morgan fingerprint density at radius 1 is 1.14 bits per heavy atom. The van der Waals surface area contributed by atoms with E-state index in [9.17, 15) is 0 Å². The number of nitrogens with zero attached hydrogens (tertiary/aromatic N) is 2. The zero-order chi connectivity index (χ0) is 14.8. The molecule has 0 radical (unpaired) electrons. The fourth-order valence-corrected chi connectivity index (χ4v) is 2.27. The van der Waals surface area contributed by atoms with Crippen LogP contribution >= 0.6 is 0 Å². The van der Waals surface area contributed by atoms with Gasteiger partial charge in [0.15, 0.2) is 0 Å². The topological polar surface area (TPSA) is 74.7 Å². The van der Waals surface area contributed by atoms with E-state index < -0.39 is 0 Å². The summed E-state index contributed by atoms with van der Waals surface area (Å²) in [6, 6.07) is 15.3. The molecule has 4 nitrogen and oxygen atoms in total. The molecule has 1 aromatic heterocycles. The fourth-order valence-electron chi connectivity index (χ4n) is 2.27. The van der Waals surface area contributed by atoms with Crippen LogP contribution in [0.15, 0.2) is 48.7 Å². The lowest BCUT2D eigenvalue weighted by molar-refractivity contribution is 1.38. The molecule has 0 saturated carbocycles. The minimum Gasteiger partial charge on any atom is -0.398 e. The van der Waals surface area contributed by atoms with Crippen molar-refractivity contribution >= 4 is 28.0 Å². The smallest absolute Gasteiger partial charge is 0.0992 e. The molecule has 0 unspecified atom stereocenters. The van der Waals surface area contributed by atoms with Crippen LogP contribution in [0, 0.1) is 18.3 Å². The standard InChI is InChI=1S/C17H14N4/c1-11-4-5-12(10-18)9-16(11)21-15-7-6-14(19)13-3-2-8-20-17(13)15/h2-9,21H,19H2,1H3. The van der Waals surface area contributed by atoms with E-state index in [1.807, 2.05) is 43.3 Å². The third-order valence-corrected chi connectivity index (χ3v) is 3.44. The number of fused-ring (bicyclic) bond motifs is 1. The highest BCUT2D eigenvalue weighted by molar-refractivity contribution is 5.99. The van der Waals surface area contributed by atoms with Crippen molar-refractivity contribution in [3.63, 3.8) is 0 Å². The Labute approximate surface area is 122 Å². The first-order valence-corrected chi connectivity index (χ1v) is 6.60. The van der Waals surface area contributed by atoms with Gasteiger partial charge in [-0.2, -0.15) is 5.26 Å². The van der Waals surface area contributed by atoms with Gasteiger partial charge in [0.2, 0.25) is 0 Å². The van der Waals surface area contributed by atoms with Gasteiger partial charge in [-0.25, -0.2) is 0 Å². The molecule has 0 saturated heterocycles. The summed E-state index contributed by atoms with van der Waals surface area (Å²) >= 11 is 0. The molecule has 21 heavy (non-hydrogen) atoms. The summed E-state index contributed by atoms with van der Waals surface area (Å²) in [6.07, 6.45) is 1.74. The largest absolute Gasteiger partial charge is 0.398 e. The van der Waals surface area contributed by atoms with Crippen molar-refractivity contribution in [1.82, 2.24) is 4.98 Å². The van der Waals surface area contributed by atoms with E-state index in [4.69, 9.17) is 11.0 Å². The maximum Gasteiger partial charge on any atom is 0.0992 e. The van der Waals surface area contributed by atoms with Crippen LogP contribution in [0.3, 0.4) is 0 Å². The summed E-state index contributed by atoms with van der Waals surface area (Å²) < 4.78 is 0. The van der Waals surface area contributed by atoms with Gasteiger partial charge in [-0.05, 0) is 48.9 Å². The summed E-state index contributed by atoms with van der Waals surface area (Å²) in [6.45, 7) is 2.00. The van der Waals surface area contributed by atoms with Gasteiger partial charge in [0.25, 0.3) is 0 Å². The molecule has 3 rings (SSSR count). The van der Waals surface area contributed by atoms with Gasteiger partial charge >= 0.3 is 0 Å². The molecular weight excluding hydrogens is 260 g/mol. The molecule has 0 atom stereocenters. The number of nitrogen functional groups attached to an aromatic ring is 1. The molecule has 0 aliphatic rings. The van der Waals surface area contributed by atoms with E-state index in [0.29, 0.717) is 11.3 Å². The Morgan fingerprint density at radius 2 is 2.00 bits per heavy atom. The third kappa shape index (κ3) is 2.37. The van der Waals surface area contributed by atoms with Gasteiger partial charge in [-0.1, -0.05) is 6.07 Å². The Balaban J connectivity index is 2.11. The van der Waals surface area contributed by atoms with Crippen molar-refractivity contribution in [3.05, 3.63) is 59.8 Å². The average molecular weight is 274 g/mol. The van der Waals surface area contributed by atoms with Crippen molar-refractivity contribution in [3.8, 4) is 6.07 Å². The number of benzene rings is 2. The Bertz CT molecular complexity index is 862. The van der Waals surface area contributed by atoms with Crippen molar-refractivity contribution in [2.24, 2.45) is 0 Å². The number of nitrogens with two attached hydrogens (primary N) is 1. The van der Waals surface area contributed by atoms with E-state index in [1.165, 1.54) is 0 Å². The van der Waals surface area contributed by atoms with Crippen molar-refractivity contribution < 1.29 is 0 Å². The van der Waals surface area contributed by atoms with Crippen molar-refractivity contribution in [2.75, 3.05) is 11.1 Å². The first kappa shape index (κ1) is 12.9. The molecular formula is C17H14N4. The second-order valence-electron chi connectivity index (χ2n) is 4.87. The normalized spacial score (nSPS) is 10.3. The van der Waals surface area contributed by atoms with Crippen LogP contribution in [-0.2, 0) is 0 Å². The minimum atomic E-state index is 0.621. The van der Waals surface area contributed by atoms with E-state index in [-0.39, 0.29) is 0 Å². The molecule has 1 heterocycles. The summed E-state index contributed by atoms with van der Waals surface area (Å²) in [5.41, 5.74) is 11.0. The highest BCUT2D eigenvalue weighted by Crippen LogP contribution is 2.30. The van der Waals surface area contributed by atoms with Crippen LogP contribution < -0.4 is 11.1 Å². The van der Waals surface area contributed by atoms with Gasteiger partial charge in [0.1, 0.15) is 0 Å². The van der Waals surface area contributed by atoms with Gasteiger partial charge < -0.3 is 11.1 Å². The monoisotopic (exact) mass is 274 g/mol. The highest BCUT2D eigenvalue weighted by Gasteiger charge is 2.07. The van der Waals surface area contributed by atoms with Crippen LogP contribution in [0.2, 0.25) is 0 Å². The number of aryl methyl sites for hydroxylation is 1. The molecule has 0 aliphatic heterocycles.